The van der Waals surface area contributed by atoms with Crippen molar-refractivity contribution in [2.24, 2.45) is 0 Å². The van der Waals surface area contributed by atoms with Gasteiger partial charge in [-0.05, 0) is 19.1 Å². The van der Waals surface area contributed by atoms with Crippen LogP contribution in [0.25, 0.3) is 0 Å². The summed E-state index contributed by atoms with van der Waals surface area (Å²) in [6, 6.07) is 5.26. The molecule has 0 amide bonds. The first-order valence-electron chi connectivity index (χ1n) is 4.88. The van der Waals surface area contributed by atoms with E-state index in [1.165, 1.54) is 0 Å². The fourth-order valence-corrected chi connectivity index (χ4v) is 1.15. The quantitative estimate of drug-likeness (QED) is 0.723. The number of rotatable bonds is 5. The molecule has 1 atom stereocenters. The van der Waals surface area contributed by atoms with Crippen LogP contribution in [0, 0.1) is 0 Å². The molecule has 4 heteroatoms. The van der Waals surface area contributed by atoms with E-state index in [0.29, 0.717) is 30.2 Å². The molecule has 0 bridgehead atoms. The van der Waals surface area contributed by atoms with Crippen molar-refractivity contribution in [3.63, 3.8) is 0 Å². The maximum absolute atomic E-state index is 9.04. The van der Waals surface area contributed by atoms with Crippen LogP contribution in [0.1, 0.15) is 13.3 Å². The monoisotopic (exact) mass is 211 g/mol. The summed E-state index contributed by atoms with van der Waals surface area (Å²) in [6.07, 6.45) is 0.256. The van der Waals surface area contributed by atoms with Gasteiger partial charge in [0.25, 0.3) is 0 Å². The number of nitrogen functional groups attached to an aromatic ring is 1. The van der Waals surface area contributed by atoms with Crippen LogP contribution >= 0.6 is 0 Å². The third kappa shape index (κ3) is 3.67. The predicted octanol–water partition coefficient (Wildman–Crippen LogP) is 1.43. The number of hydrogen-bond donors (Lipinski definition) is 2. The van der Waals surface area contributed by atoms with Crippen LogP contribution in [-0.2, 0) is 0 Å². The lowest BCUT2D eigenvalue weighted by molar-refractivity contribution is 0.155. The highest BCUT2D eigenvalue weighted by Crippen LogP contribution is 2.25. The second kappa shape index (κ2) is 5.46. The van der Waals surface area contributed by atoms with E-state index >= 15 is 0 Å². The van der Waals surface area contributed by atoms with Crippen molar-refractivity contribution < 1.29 is 14.6 Å². The maximum Gasteiger partial charge on any atom is 0.142 e. The van der Waals surface area contributed by atoms with E-state index in [1.807, 2.05) is 0 Å². The molecule has 0 radical (unpaired) electrons. The van der Waals surface area contributed by atoms with Crippen molar-refractivity contribution in [1.29, 1.82) is 0 Å². The van der Waals surface area contributed by atoms with Crippen LogP contribution in [0.2, 0.25) is 0 Å². The SMILES string of the molecule is COc1ccc(OCCC(C)O)cc1N. The summed E-state index contributed by atoms with van der Waals surface area (Å²) < 4.78 is 10.4. The summed E-state index contributed by atoms with van der Waals surface area (Å²) in [5, 5.41) is 9.04. The van der Waals surface area contributed by atoms with Crippen molar-refractivity contribution in [1.82, 2.24) is 0 Å². The Morgan fingerprint density at radius 1 is 1.47 bits per heavy atom. The van der Waals surface area contributed by atoms with E-state index < -0.39 is 0 Å². The van der Waals surface area contributed by atoms with Gasteiger partial charge in [0.05, 0.1) is 25.5 Å². The number of hydrogen-bond acceptors (Lipinski definition) is 4. The number of aliphatic hydroxyl groups excluding tert-OH is 1. The molecule has 0 aliphatic carbocycles. The van der Waals surface area contributed by atoms with Crippen LogP contribution in [0.4, 0.5) is 5.69 Å². The van der Waals surface area contributed by atoms with E-state index in [4.69, 9.17) is 20.3 Å². The molecule has 1 aromatic rings. The standard InChI is InChI=1S/C11H17NO3/c1-8(13)5-6-15-9-3-4-11(14-2)10(12)7-9/h3-4,7-8,13H,5-6,12H2,1-2H3. The van der Waals surface area contributed by atoms with Gasteiger partial charge in [0, 0.05) is 12.5 Å². The molecule has 0 aromatic heterocycles. The van der Waals surface area contributed by atoms with E-state index in [0.717, 1.165) is 0 Å². The van der Waals surface area contributed by atoms with E-state index in [2.05, 4.69) is 0 Å². The molecular formula is C11H17NO3. The number of aliphatic hydroxyl groups is 1. The Morgan fingerprint density at radius 3 is 2.73 bits per heavy atom. The Hall–Kier alpha value is -1.42. The lowest BCUT2D eigenvalue weighted by Crippen LogP contribution is -2.07. The highest BCUT2D eigenvalue weighted by Gasteiger charge is 2.02. The van der Waals surface area contributed by atoms with Crippen LogP contribution in [-0.4, -0.2) is 24.9 Å². The highest BCUT2D eigenvalue weighted by atomic mass is 16.5. The third-order valence-corrected chi connectivity index (χ3v) is 2.01. The van der Waals surface area contributed by atoms with Crippen LogP contribution in [0.15, 0.2) is 18.2 Å². The molecule has 4 nitrogen and oxygen atoms in total. The minimum absolute atomic E-state index is 0.347. The Labute approximate surface area is 89.6 Å². The first-order valence-corrected chi connectivity index (χ1v) is 4.88. The summed E-state index contributed by atoms with van der Waals surface area (Å²) in [4.78, 5) is 0. The van der Waals surface area contributed by atoms with E-state index in [1.54, 1.807) is 32.2 Å². The van der Waals surface area contributed by atoms with E-state index in [9.17, 15) is 0 Å². The zero-order chi connectivity index (χ0) is 11.3. The van der Waals surface area contributed by atoms with Crippen LogP contribution in [0.5, 0.6) is 11.5 Å². The van der Waals surface area contributed by atoms with Crippen molar-refractivity contribution in [3.05, 3.63) is 18.2 Å². The molecule has 1 rings (SSSR count). The van der Waals surface area contributed by atoms with Crippen molar-refractivity contribution in [2.75, 3.05) is 19.5 Å². The molecule has 15 heavy (non-hydrogen) atoms. The summed E-state index contributed by atoms with van der Waals surface area (Å²) in [5.74, 6) is 1.33. The van der Waals surface area contributed by atoms with Crippen LogP contribution < -0.4 is 15.2 Å². The molecule has 0 aliphatic heterocycles. The van der Waals surface area contributed by atoms with Gasteiger partial charge in [0.1, 0.15) is 11.5 Å². The topological polar surface area (TPSA) is 64.7 Å². The molecule has 0 fully saturated rings. The highest BCUT2D eigenvalue weighted by molar-refractivity contribution is 5.56. The largest absolute Gasteiger partial charge is 0.495 e. The summed E-state index contributed by atoms with van der Waals surface area (Å²) in [7, 11) is 1.57. The second-order valence-corrected chi connectivity index (χ2v) is 3.39. The van der Waals surface area contributed by atoms with Crippen molar-refractivity contribution >= 4 is 5.69 Å². The van der Waals surface area contributed by atoms with Gasteiger partial charge in [-0.15, -0.1) is 0 Å². The molecule has 84 valence electrons. The van der Waals surface area contributed by atoms with Gasteiger partial charge in [0.2, 0.25) is 0 Å². The molecular weight excluding hydrogens is 194 g/mol. The zero-order valence-corrected chi connectivity index (χ0v) is 9.06. The fraction of sp³-hybridized carbons (Fsp3) is 0.455. The summed E-state index contributed by atoms with van der Waals surface area (Å²) in [5.41, 5.74) is 6.26. The average Bonchev–Trinajstić information content (AvgIpc) is 2.17. The lowest BCUT2D eigenvalue weighted by atomic mass is 10.2. The van der Waals surface area contributed by atoms with Gasteiger partial charge in [-0.3, -0.25) is 0 Å². The number of benzene rings is 1. The first kappa shape index (κ1) is 11.7. The normalized spacial score (nSPS) is 12.2. The van der Waals surface area contributed by atoms with Crippen molar-refractivity contribution in [3.8, 4) is 11.5 Å². The average molecular weight is 211 g/mol. The number of ether oxygens (including phenoxy) is 2. The molecule has 0 saturated carbocycles. The number of nitrogens with two attached hydrogens (primary N) is 1. The third-order valence-electron chi connectivity index (χ3n) is 2.01. The lowest BCUT2D eigenvalue weighted by Gasteiger charge is -2.09. The molecule has 1 unspecified atom stereocenters. The number of methoxy groups -OCH3 is 1. The van der Waals surface area contributed by atoms with Gasteiger partial charge in [-0.2, -0.15) is 0 Å². The summed E-state index contributed by atoms with van der Waals surface area (Å²) >= 11 is 0. The Morgan fingerprint density at radius 2 is 2.20 bits per heavy atom. The maximum atomic E-state index is 9.04. The number of anilines is 1. The molecule has 0 heterocycles. The molecule has 0 saturated heterocycles. The Kier molecular flexibility index (Phi) is 4.24. The van der Waals surface area contributed by atoms with Gasteiger partial charge >= 0.3 is 0 Å². The second-order valence-electron chi connectivity index (χ2n) is 3.39. The van der Waals surface area contributed by atoms with E-state index in [-0.39, 0.29) is 6.10 Å². The fourth-order valence-electron chi connectivity index (χ4n) is 1.15. The van der Waals surface area contributed by atoms with Crippen molar-refractivity contribution in [2.45, 2.75) is 19.4 Å². The van der Waals surface area contributed by atoms with Gasteiger partial charge in [-0.1, -0.05) is 0 Å². The van der Waals surface area contributed by atoms with Gasteiger partial charge < -0.3 is 20.3 Å². The van der Waals surface area contributed by atoms with Crippen LogP contribution in [0.3, 0.4) is 0 Å². The van der Waals surface area contributed by atoms with Gasteiger partial charge in [0.15, 0.2) is 0 Å². The minimum atomic E-state index is -0.347. The predicted molar refractivity (Wildman–Crippen MR) is 59.2 cm³/mol. The smallest absolute Gasteiger partial charge is 0.142 e. The van der Waals surface area contributed by atoms with Gasteiger partial charge in [-0.25, -0.2) is 0 Å². The molecule has 0 aliphatic rings. The first-order chi connectivity index (χ1) is 7.13. The minimum Gasteiger partial charge on any atom is -0.495 e. The molecule has 0 spiro atoms. The molecule has 3 N–H and O–H groups in total. The Balaban J connectivity index is 2.52. The molecule has 1 aromatic carbocycles. The zero-order valence-electron chi connectivity index (χ0n) is 9.06. The Bertz CT molecular complexity index is 313. The summed E-state index contributed by atoms with van der Waals surface area (Å²) in [6.45, 7) is 2.20.